The van der Waals surface area contributed by atoms with Crippen LogP contribution in [0.5, 0.6) is 0 Å². The first-order chi connectivity index (χ1) is 1.41. The molecule has 0 unspecified atom stereocenters. The van der Waals surface area contributed by atoms with Crippen LogP contribution in [0.3, 0.4) is 0 Å². The van der Waals surface area contributed by atoms with Gasteiger partial charge in [-0.25, -0.2) is 0 Å². The van der Waals surface area contributed by atoms with E-state index in [1.54, 1.807) is 0 Å². The van der Waals surface area contributed by atoms with Gasteiger partial charge in [0.2, 0.25) is 0 Å². The molecule has 0 atom stereocenters. The summed E-state index contributed by atoms with van der Waals surface area (Å²) in [5, 5.41) is 0. The van der Waals surface area contributed by atoms with Gasteiger partial charge in [0.25, 0.3) is 0 Å². The molecule has 0 aromatic rings. The minimum absolute atomic E-state index is 0. The molecule has 0 bridgehead atoms. The summed E-state index contributed by atoms with van der Waals surface area (Å²) in [4.78, 5) is 8.69. The van der Waals surface area contributed by atoms with Crippen molar-refractivity contribution in [2.24, 2.45) is 0 Å². The van der Waals surface area contributed by atoms with Gasteiger partial charge in [0.1, 0.15) is 0 Å². The first-order valence-corrected chi connectivity index (χ1v) is 0.644. The number of carbonyl (C=O) groups excluding carboxylic acids is 1. The van der Waals surface area contributed by atoms with Crippen LogP contribution in [-0.2, 0) is 4.79 Å². The van der Waals surface area contributed by atoms with Crippen LogP contribution in [0.4, 0.5) is 0 Å². The van der Waals surface area contributed by atoms with E-state index >= 15 is 0 Å². The molecule has 0 saturated heterocycles. The minimum Gasteiger partial charge on any atom is -1.00 e. The summed E-state index contributed by atoms with van der Waals surface area (Å²) in [5.41, 5.74) is 0. The Morgan fingerprint density at radius 2 is 1.60 bits per heavy atom. The second-order valence-corrected chi connectivity index (χ2v) is 0.167. The third-order valence-corrected chi connectivity index (χ3v) is 0. The normalized spacial score (nSPS) is 2.40. The SMILES string of the molecule is [Br-].[CH2-]C=O.[Mg+2]. The third-order valence-electron chi connectivity index (χ3n) is 0. The maximum absolute atomic E-state index is 8.69. The molecule has 0 aliphatic carbocycles. The smallest absolute Gasteiger partial charge is 1.00 e. The molecular formula is C2H3BrMgO. The number of rotatable bonds is 0. The van der Waals surface area contributed by atoms with Gasteiger partial charge in [-0.1, -0.05) is 0 Å². The van der Waals surface area contributed by atoms with Crippen LogP contribution in [0, 0.1) is 6.92 Å². The van der Waals surface area contributed by atoms with Crippen molar-refractivity contribution >= 4 is 29.3 Å². The maximum atomic E-state index is 8.69. The van der Waals surface area contributed by atoms with Gasteiger partial charge >= 0.3 is 23.1 Å². The fourth-order valence-corrected chi connectivity index (χ4v) is 0. The van der Waals surface area contributed by atoms with Gasteiger partial charge in [0.15, 0.2) is 0 Å². The van der Waals surface area contributed by atoms with Crippen molar-refractivity contribution in [1.29, 1.82) is 0 Å². The van der Waals surface area contributed by atoms with Crippen LogP contribution in [-0.4, -0.2) is 29.3 Å². The fourth-order valence-electron chi connectivity index (χ4n) is 0. The molecule has 1 nitrogen and oxygen atoms in total. The molecule has 0 amide bonds. The van der Waals surface area contributed by atoms with Crippen molar-refractivity contribution in [2.75, 3.05) is 0 Å². The number of halogens is 1. The Kier molecular flexibility index (Phi) is 73.4. The molecule has 26 valence electrons. The van der Waals surface area contributed by atoms with E-state index in [4.69, 9.17) is 4.79 Å². The van der Waals surface area contributed by atoms with E-state index in [-0.39, 0.29) is 40.0 Å². The average Bonchev–Trinajstić information content (AvgIpc) is 0.918. The summed E-state index contributed by atoms with van der Waals surface area (Å²) in [6, 6.07) is 0. The Hall–Kier alpha value is 0.786. The molecule has 5 heavy (non-hydrogen) atoms. The Morgan fingerprint density at radius 1 is 1.60 bits per heavy atom. The predicted molar refractivity (Wildman–Crippen MR) is 17.2 cm³/mol. The molecule has 0 rings (SSSR count). The molecule has 0 fully saturated rings. The monoisotopic (exact) mass is 146 g/mol. The zero-order valence-electron chi connectivity index (χ0n) is 2.78. The second kappa shape index (κ2) is 21.5. The van der Waals surface area contributed by atoms with E-state index in [1.807, 2.05) is 0 Å². The molecule has 0 aromatic carbocycles. The Morgan fingerprint density at radius 3 is 1.60 bits per heavy atom. The summed E-state index contributed by atoms with van der Waals surface area (Å²) in [6.45, 7) is 2.81. The Bertz CT molecular complexity index is 17.1. The van der Waals surface area contributed by atoms with E-state index in [9.17, 15) is 0 Å². The van der Waals surface area contributed by atoms with Gasteiger partial charge in [0, 0.05) is 0 Å². The maximum Gasteiger partial charge on any atom is 2.00 e. The van der Waals surface area contributed by atoms with Crippen molar-refractivity contribution in [3.63, 3.8) is 0 Å². The van der Waals surface area contributed by atoms with Crippen LogP contribution in [0.15, 0.2) is 0 Å². The number of hydrogen-bond acceptors (Lipinski definition) is 1. The van der Waals surface area contributed by atoms with Gasteiger partial charge < -0.3 is 28.7 Å². The standard InChI is InChI=1S/C2H3O.BrH.Mg/c1-2-3;;/h2H,1H2;1H;/q-1;;+2/p-1. The molecule has 0 radical (unpaired) electrons. The van der Waals surface area contributed by atoms with E-state index in [1.165, 1.54) is 0 Å². The molecule has 0 spiro atoms. The Labute approximate surface area is 58.0 Å². The average molecular weight is 147 g/mol. The zero-order chi connectivity index (χ0) is 2.71. The molecule has 0 heterocycles. The van der Waals surface area contributed by atoms with E-state index in [0.29, 0.717) is 6.29 Å². The number of hydrogen-bond donors (Lipinski definition) is 0. The van der Waals surface area contributed by atoms with E-state index in [0.717, 1.165) is 0 Å². The molecule has 3 heteroatoms. The van der Waals surface area contributed by atoms with Crippen LogP contribution in [0.2, 0.25) is 0 Å². The van der Waals surface area contributed by atoms with E-state index in [2.05, 4.69) is 6.92 Å². The van der Waals surface area contributed by atoms with Crippen LogP contribution in [0.1, 0.15) is 0 Å². The topological polar surface area (TPSA) is 17.1 Å². The quantitative estimate of drug-likeness (QED) is 0.199. The first kappa shape index (κ1) is 17.1. The molecule has 0 aliphatic heterocycles. The zero-order valence-corrected chi connectivity index (χ0v) is 5.78. The van der Waals surface area contributed by atoms with Crippen LogP contribution >= 0.6 is 0 Å². The molecule has 0 saturated carbocycles. The predicted octanol–water partition coefficient (Wildman–Crippen LogP) is -3.36. The summed E-state index contributed by atoms with van der Waals surface area (Å²) in [5.74, 6) is 0. The first-order valence-electron chi connectivity index (χ1n) is 0.644. The summed E-state index contributed by atoms with van der Waals surface area (Å²) < 4.78 is 0. The number of aldehydes is 1. The second-order valence-electron chi connectivity index (χ2n) is 0.167. The number of carbonyl (C=O) groups is 1. The van der Waals surface area contributed by atoms with Gasteiger partial charge in [-0.15, -0.1) is 0 Å². The third kappa shape index (κ3) is 60.1. The summed E-state index contributed by atoms with van der Waals surface area (Å²) >= 11 is 0. The Balaban J connectivity index is -0.0000000200. The van der Waals surface area contributed by atoms with Crippen LogP contribution in [0.25, 0.3) is 0 Å². The minimum atomic E-state index is 0. The van der Waals surface area contributed by atoms with Crippen LogP contribution < -0.4 is 17.0 Å². The molecular weight excluding hydrogens is 144 g/mol. The van der Waals surface area contributed by atoms with Crippen molar-refractivity contribution in [2.45, 2.75) is 0 Å². The van der Waals surface area contributed by atoms with Crippen molar-refractivity contribution in [3.8, 4) is 0 Å². The van der Waals surface area contributed by atoms with Gasteiger partial charge in [-0.3, -0.25) is 0 Å². The van der Waals surface area contributed by atoms with Gasteiger partial charge in [-0.2, -0.15) is 0 Å². The van der Waals surface area contributed by atoms with Crippen molar-refractivity contribution < 1.29 is 21.8 Å². The molecule has 0 aromatic heterocycles. The summed E-state index contributed by atoms with van der Waals surface area (Å²) in [7, 11) is 0. The van der Waals surface area contributed by atoms with Crippen molar-refractivity contribution in [1.82, 2.24) is 0 Å². The molecule has 0 aliphatic rings. The van der Waals surface area contributed by atoms with Crippen molar-refractivity contribution in [3.05, 3.63) is 6.92 Å². The van der Waals surface area contributed by atoms with E-state index < -0.39 is 0 Å². The van der Waals surface area contributed by atoms with Gasteiger partial charge in [0.05, 0.1) is 0 Å². The fraction of sp³-hybridized carbons (Fsp3) is 0. The molecule has 0 N–H and O–H groups in total. The largest absolute Gasteiger partial charge is 2.00 e. The van der Waals surface area contributed by atoms with Gasteiger partial charge in [-0.05, 0) is 6.29 Å². The summed E-state index contributed by atoms with van der Waals surface area (Å²) in [6.07, 6.45) is 0.500.